The molecule has 0 aliphatic rings. The lowest BCUT2D eigenvalue weighted by Gasteiger charge is -1.99. The Morgan fingerprint density at radius 2 is 1.92 bits per heavy atom. The van der Waals surface area contributed by atoms with Crippen molar-refractivity contribution < 1.29 is 4.55 Å². The number of nitrogens with zero attached hydrogens (tertiary/aromatic N) is 1. The van der Waals surface area contributed by atoms with Gasteiger partial charge < -0.3 is 4.55 Å². The van der Waals surface area contributed by atoms with Gasteiger partial charge >= 0.3 is 0 Å². The average Bonchev–Trinajstić information content (AvgIpc) is 2.05. The van der Waals surface area contributed by atoms with Crippen LogP contribution in [-0.4, -0.2) is 16.5 Å². The third-order valence-corrected chi connectivity index (χ3v) is 1.99. The van der Waals surface area contributed by atoms with Crippen molar-refractivity contribution in [3.05, 3.63) is 35.9 Å². The molecule has 0 unspecified atom stereocenters. The zero-order valence-corrected chi connectivity index (χ0v) is 7.97. The van der Waals surface area contributed by atoms with Crippen LogP contribution in [0.4, 0.5) is 0 Å². The highest BCUT2D eigenvalue weighted by atomic mass is 32.2. The standard InChI is InChI=1S/C9H11NOS/c1-8(10-12(2)11)9-6-4-3-5-7-9/h3-7H,1-2H3/b10-8+/t12-/m0/s1. The quantitative estimate of drug-likeness (QED) is 0.506. The van der Waals surface area contributed by atoms with Crippen molar-refractivity contribution in [1.82, 2.24) is 0 Å². The van der Waals surface area contributed by atoms with Crippen molar-refractivity contribution in [2.75, 3.05) is 6.26 Å². The molecule has 2 nitrogen and oxygen atoms in total. The summed E-state index contributed by atoms with van der Waals surface area (Å²) in [6.45, 7) is 1.86. The van der Waals surface area contributed by atoms with Gasteiger partial charge in [-0.25, -0.2) is 0 Å². The first-order valence-corrected chi connectivity index (χ1v) is 5.16. The summed E-state index contributed by atoms with van der Waals surface area (Å²) in [4.78, 5) is 0. The van der Waals surface area contributed by atoms with Gasteiger partial charge in [-0.1, -0.05) is 34.7 Å². The minimum absolute atomic E-state index is 0.816. The molecule has 0 saturated heterocycles. The fourth-order valence-corrected chi connectivity index (χ4v) is 1.42. The smallest absolute Gasteiger partial charge is 0.123 e. The van der Waals surface area contributed by atoms with E-state index in [2.05, 4.69) is 4.40 Å². The molecular formula is C9H11NOS. The molecule has 12 heavy (non-hydrogen) atoms. The molecule has 64 valence electrons. The van der Waals surface area contributed by atoms with Gasteiger partial charge in [-0.05, 0) is 6.92 Å². The molecule has 0 heterocycles. The predicted molar refractivity (Wildman–Crippen MR) is 52.7 cm³/mol. The Morgan fingerprint density at radius 1 is 1.33 bits per heavy atom. The van der Waals surface area contributed by atoms with E-state index in [4.69, 9.17) is 0 Å². The van der Waals surface area contributed by atoms with Crippen molar-refractivity contribution in [1.29, 1.82) is 0 Å². The van der Waals surface area contributed by atoms with Gasteiger partial charge in [-0.2, -0.15) is 0 Å². The SMILES string of the molecule is C/C(=N\[S@+](C)[O-])c1ccccc1. The summed E-state index contributed by atoms with van der Waals surface area (Å²) in [6, 6.07) is 9.72. The van der Waals surface area contributed by atoms with Crippen LogP contribution in [-0.2, 0) is 11.4 Å². The molecule has 0 saturated carbocycles. The first-order chi connectivity index (χ1) is 5.70. The van der Waals surface area contributed by atoms with Crippen LogP contribution < -0.4 is 0 Å². The highest BCUT2D eigenvalue weighted by molar-refractivity contribution is 7.89. The van der Waals surface area contributed by atoms with E-state index >= 15 is 0 Å². The minimum atomic E-state index is -1.11. The highest BCUT2D eigenvalue weighted by Crippen LogP contribution is 2.02. The number of hydrogen-bond donors (Lipinski definition) is 0. The Bertz CT molecular complexity index is 269. The Kier molecular flexibility index (Phi) is 3.31. The fraction of sp³-hybridized carbons (Fsp3) is 0.222. The summed E-state index contributed by atoms with van der Waals surface area (Å²) in [5, 5.41) is 0. The van der Waals surface area contributed by atoms with Gasteiger partial charge in [0.15, 0.2) is 0 Å². The zero-order chi connectivity index (χ0) is 8.97. The van der Waals surface area contributed by atoms with E-state index in [9.17, 15) is 4.55 Å². The van der Waals surface area contributed by atoms with Crippen molar-refractivity contribution in [2.24, 2.45) is 4.40 Å². The summed E-state index contributed by atoms with van der Waals surface area (Å²) in [5.41, 5.74) is 1.84. The van der Waals surface area contributed by atoms with E-state index in [1.165, 1.54) is 0 Å². The average molecular weight is 181 g/mol. The third kappa shape index (κ3) is 2.68. The topological polar surface area (TPSA) is 35.4 Å². The van der Waals surface area contributed by atoms with Gasteiger partial charge in [0.25, 0.3) is 0 Å². The molecule has 0 aliphatic heterocycles. The first-order valence-electron chi connectivity index (χ1n) is 3.64. The third-order valence-electron chi connectivity index (χ3n) is 1.46. The molecule has 1 aromatic rings. The van der Waals surface area contributed by atoms with Crippen molar-refractivity contribution in [2.45, 2.75) is 6.92 Å². The van der Waals surface area contributed by atoms with Gasteiger partial charge in [-0.3, -0.25) is 0 Å². The molecule has 0 bridgehead atoms. The molecule has 0 aliphatic carbocycles. The molecule has 0 fully saturated rings. The van der Waals surface area contributed by atoms with Crippen molar-refractivity contribution >= 4 is 17.1 Å². The maximum atomic E-state index is 10.8. The summed E-state index contributed by atoms with van der Waals surface area (Å²) in [5.74, 6) is 0. The van der Waals surface area contributed by atoms with E-state index in [0.717, 1.165) is 11.3 Å². The molecule has 3 heteroatoms. The number of benzene rings is 1. The van der Waals surface area contributed by atoms with Crippen molar-refractivity contribution in [3.8, 4) is 0 Å². The molecule has 0 radical (unpaired) electrons. The van der Waals surface area contributed by atoms with E-state index in [0.29, 0.717) is 0 Å². The second kappa shape index (κ2) is 4.28. The van der Waals surface area contributed by atoms with E-state index < -0.39 is 11.4 Å². The molecule has 1 atom stereocenters. The van der Waals surface area contributed by atoms with Crippen LogP contribution in [0.1, 0.15) is 12.5 Å². The van der Waals surface area contributed by atoms with Crippen LogP contribution in [0.5, 0.6) is 0 Å². The van der Waals surface area contributed by atoms with Crippen LogP contribution in [0.3, 0.4) is 0 Å². The van der Waals surface area contributed by atoms with Crippen LogP contribution in [0.15, 0.2) is 34.7 Å². The van der Waals surface area contributed by atoms with Crippen LogP contribution in [0, 0.1) is 0 Å². The Balaban J connectivity index is 2.85. The Morgan fingerprint density at radius 3 is 2.42 bits per heavy atom. The predicted octanol–water partition coefficient (Wildman–Crippen LogP) is 1.79. The minimum Gasteiger partial charge on any atom is -0.592 e. The lowest BCUT2D eigenvalue weighted by atomic mass is 10.1. The van der Waals surface area contributed by atoms with Gasteiger partial charge in [-0.15, -0.1) is 0 Å². The fourth-order valence-electron chi connectivity index (χ4n) is 0.925. The van der Waals surface area contributed by atoms with Gasteiger partial charge in [0, 0.05) is 5.56 Å². The maximum Gasteiger partial charge on any atom is 0.123 e. The molecule has 1 rings (SSSR count). The van der Waals surface area contributed by atoms with Gasteiger partial charge in [0.05, 0.1) is 17.1 Å². The van der Waals surface area contributed by atoms with Crippen molar-refractivity contribution in [3.63, 3.8) is 0 Å². The molecule has 0 amide bonds. The van der Waals surface area contributed by atoms with Gasteiger partial charge in [0.2, 0.25) is 0 Å². The van der Waals surface area contributed by atoms with E-state index in [1.54, 1.807) is 6.26 Å². The van der Waals surface area contributed by atoms with Gasteiger partial charge in [0.1, 0.15) is 6.26 Å². The number of hydrogen-bond acceptors (Lipinski definition) is 2. The van der Waals surface area contributed by atoms with Crippen LogP contribution in [0.25, 0.3) is 0 Å². The maximum absolute atomic E-state index is 10.8. The first kappa shape index (κ1) is 9.29. The summed E-state index contributed by atoms with van der Waals surface area (Å²) >= 11 is -1.11. The molecule has 0 N–H and O–H groups in total. The van der Waals surface area contributed by atoms with Crippen LogP contribution >= 0.6 is 0 Å². The molecule has 0 spiro atoms. The Labute approximate surface area is 75.7 Å². The normalized spacial score (nSPS) is 14.4. The number of rotatable bonds is 2. The largest absolute Gasteiger partial charge is 0.592 e. The van der Waals surface area contributed by atoms with E-state index in [-0.39, 0.29) is 0 Å². The lowest BCUT2D eigenvalue weighted by Crippen LogP contribution is -1.99. The Hall–Kier alpha value is -0.800. The van der Waals surface area contributed by atoms with E-state index in [1.807, 2.05) is 37.3 Å². The second-order valence-corrected chi connectivity index (χ2v) is 3.50. The summed E-state index contributed by atoms with van der Waals surface area (Å²) in [7, 11) is 0. The molecule has 0 aromatic heterocycles. The molecular weight excluding hydrogens is 170 g/mol. The molecule has 1 aromatic carbocycles. The van der Waals surface area contributed by atoms with Crippen LogP contribution in [0.2, 0.25) is 0 Å². The zero-order valence-electron chi connectivity index (χ0n) is 7.15. The monoisotopic (exact) mass is 181 g/mol. The highest BCUT2D eigenvalue weighted by Gasteiger charge is 1.99. The lowest BCUT2D eigenvalue weighted by molar-refractivity contribution is 0.602. The summed E-state index contributed by atoms with van der Waals surface area (Å²) in [6.07, 6.45) is 1.56. The second-order valence-electron chi connectivity index (χ2n) is 2.47. The summed E-state index contributed by atoms with van der Waals surface area (Å²) < 4.78 is 14.7.